The number of benzene rings is 1. The van der Waals surface area contributed by atoms with Crippen LogP contribution in [0.2, 0.25) is 0 Å². The average molecular weight is 277 g/mol. The van der Waals surface area contributed by atoms with E-state index in [-0.39, 0.29) is 0 Å². The van der Waals surface area contributed by atoms with Crippen molar-refractivity contribution in [1.82, 2.24) is 15.8 Å². The number of urea groups is 1. The molecule has 1 aromatic carbocycles. The van der Waals surface area contributed by atoms with Crippen molar-refractivity contribution in [2.75, 3.05) is 13.1 Å². The number of hydrazine groups is 1. The SMILES string of the molecule is O=C(N[C@@H](C(=O)O)c1ccccc1)NN1CCCCC1. The number of hydrogen-bond donors (Lipinski definition) is 3. The maximum Gasteiger partial charge on any atom is 0.330 e. The van der Waals surface area contributed by atoms with Crippen molar-refractivity contribution in [3.63, 3.8) is 0 Å². The lowest BCUT2D eigenvalue weighted by Crippen LogP contribution is -2.50. The predicted octanol–water partition coefficient (Wildman–Crippen LogP) is 1.51. The highest BCUT2D eigenvalue weighted by Crippen LogP contribution is 2.12. The van der Waals surface area contributed by atoms with Gasteiger partial charge in [-0.25, -0.2) is 14.6 Å². The molecule has 1 atom stereocenters. The highest BCUT2D eigenvalue weighted by atomic mass is 16.4. The Morgan fingerprint density at radius 3 is 2.35 bits per heavy atom. The lowest BCUT2D eigenvalue weighted by atomic mass is 10.1. The summed E-state index contributed by atoms with van der Waals surface area (Å²) in [5.41, 5.74) is 3.24. The van der Waals surface area contributed by atoms with Gasteiger partial charge in [0.05, 0.1) is 0 Å². The first-order chi connectivity index (χ1) is 9.66. The fourth-order valence-electron chi connectivity index (χ4n) is 2.25. The van der Waals surface area contributed by atoms with Crippen LogP contribution < -0.4 is 10.7 Å². The van der Waals surface area contributed by atoms with Crippen molar-refractivity contribution in [3.05, 3.63) is 35.9 Å². The minimum Gasteiger partial charge on any atom is -0.479 e. The number of nitrogens with zero attached hydrogens (tertiary/aromatic N) is 1. The molecule has 0 spiro atoms. The fourth-order valence-corrected chi connectivity index (χ4v) is 2.25. The summed E-state index contributed by atoms with van der Waals surface area (Å²) in [5, 5.41) is 13.5. The van der Waals surface area contributed by atoms with Gasteiger partial charge < -0.3 is 10.4 Å². The molecular weight excluding hydrogens is 258 g/mol. The highest BCUT2D eigenvalue weighted by Gasteiger charge is 2.22. The summed E-state index contributed by atoms with van der Waals surface area (Å²) < 4.78 is 0. The van der Waals surface area contributed by atoms with Crippen LogP contribution in [0, 0.1) is 0 Å². The third-order valence-corrected chi connectivity index (χ3v) is 3.27. The molecular formula is C14H19N3O3. The molecule has 1 aliphatic rings. The molecule has 1 fully saturated rings. The largest absolute Gasteiger partial charge is 0.479 e. The topological polar surface area (TPSA) is 81.7 Å². The van der Waals surface area contributed by atoms with E-state index < -0.39 is 18.0 Å². The molecule has 0 aromatic heterocycles. The first-order valence-electron chi connectivity index (χ1n) is 6.76. The van der Waals surface area contributed by atoms with Crippen LogP contribution >= 0.6 is 0 Å². The third kappa shape index (κ3) is 3.96. The van der Waals surface area contributed by atoms with Crippen LogP contribution in [0.5, 0.6) is 0 Å². The Morgan fingerprint density at radius 1 is 1.10 bits per heavy atom. The number of nitrogens with one attached hydrogen (secondary N) is 2. The second-order valence-electron chi connectivity index (χ2n) is 4.81. The quantitative estimate of drug-likeness (QED) is 0.779. The van der Waals surface area contributed by atoms with Crippen molar-refractivity contribution in [3.8, 4) is 0 Å². The number of piperidine rings is 1. The van der Waals surface area contributed by atoms with Crippen LogP contribution in [0.15, 0.2) is 30.3 Å². The van der Waals surface area contributed by atoms with E-state index in [1.54, 1.807) is 30.3 Å². The van der Waals surface area contributed by atoms with Gasteiger partial charge in [-0.15, -0.1) is 0 Å². The maximum absolute atomic E-state index is 11.9. The van der Waals surface area contributed by atoms with Gasteiger partial charge in [-0.2, -0.15) is 0 Å². The molecule has 1 aliphatic heterocycles. The predicted molar refractivity (Wildman–Crippen MR) is 73.9 cm³/mol. The van der Waals surface area contributed by atoms with E-state index in [1.165, 1.54) is 6.42 Å². The zero-order valence-electron chi connectivity index (χ0n) is 11.2. The zero-order chi connectivity index (χ0) is 14.4. The van der Waals surface area contributed by atoms with Crippen molar-refractivity contribution in [2.24, 2.45) is 0 Å². The van der Waals surface area contributed by atoms with E-state index in [1.807, 2.05) is 5.01 Å². The van der Waals surface area contributed by atoms with Crippen LogP contribution in [0.4, 0.5) is 4.79 Å². The molecule has 0 bridgehead atoms. The van der Waals surface area contributed by atoms with E-state index >= 15 is 0 Å². The van der Waals surface area contributed by atoms with Crippen molar-refractivity contribution in [2.45, 2.75) is 25.3 Å². The lowest BCUT2D eigenvalue weighted by molar-refractivity contribution is -0.139. The maximum atomic E-state index is 11.9. The number of aliphatic carboxylic acids is 1. The van der Waals surface area contributed by atoms with Crippen molar-refractivity contribution >= 4 is 12.0 Å². The molecule has 6 heteroatoms. The van der Waals surface area contributed by atoms with Crippen LogP contribution in [0.1, 0.15) is 30.9 Å². The van der Waals surface area contributed by atoms with Crippen LogP contribution in [0.3, 0.4) is 0 Å². The number of rotatable bonds is 4. The van der Waals surface area contributed by atoms with Crippen LogP contribution in [-0.4, -0.2) is 35.2 Å². The highest BCUT2D eigenvalue weighted by molar-refractivity contribution is 5.83. The Labute approximate surface area is 117 Å². The van der Waals surface area contributed by atoms with E-state index in [0.29, 0.717) is 5.56 Å². The summed E-state index contributed by atoms with van der Waals surface area (Å²) >= 11 is 0. The standard InChI is InChI=1S/C14H19N3O3/c18-13(19)12(11-7-3-1-4-8-11)15-14(20)16-17-9-5-2-6-10-17/h1,3-4,7-8,12H,2,5-6,9-10H2,(H,18,19)(H2,15,16,20)/t12-/m1/s1. The van der Waals surface area contributed by atoms with Crippen molar-refractivity contribution < 1.29 is 14.7 Å². The monoisotopic (exact) mass is 277 g/mol. The summed E-state index contributed by atoms with van der Waals surface area (Å²) in [6, 6.07) is 7.13. The summed E-state index contributed by atoms with van der Waals surface area (Å²) in [5.74, 6) is -1.08. The molecule has 1 saturated heterocycles. The minimum atomic E-state index is -1.08. The second-order valence-corrected chi connectivity index (χ2v) is 4.81. The number of carbonyl (C=O) groups excluding carboxylic acids is 1. The number of amides is 2. The summed E-state index contributed by atoms with van der Waals surface area (Å²) in [4.78, 5) is 23.1. The van der Waals surface area contributed by atoms with Gasteiger partial charge in [0.2, 0.25) is 0 Å². The fraction of sp³-hybridized carbons (Fsp3) is 0.429. The Balaban J connectivity index is 1.94. The smallest absolute Gasteiger partial charge is 0.330 e. The Hall–Kier alpha value is -2.08. The zero-order valence-corrected chi connectivity index (χ0v) is 11.2. The number of hydrogen-bond acceptors (Lipinski definition) is 3. The van der Waals surface area contributed by atoms with Gasteiger partial charge in [-0.1, -0.05) is 36.8 Å². The molecule has 20 heavy (non-hydrogen) atoms. The van der Waals surface area contributed by atoms with E-state index in [0.717, 1.165) is 25.9 Å². The third-order valence-electron chi connectivity index (χ3n) is 3.27. The molecule has 0 saturated carbocycles. The van der Waals surface area contributed by atoms with Gasteiger partial charge in [0.1, 0.15) is 0 Å². The molecule has 2 rings (SSSR count). The van der Waals surface area contributed by atoms with Gasteiger partial charge in [-0.3, -0.25) is 5.43 Å². The Morgan fingerprint density at radius 2 is 1.75 bits per heavy atom. The van der Waals surface area contributed by atoms with Crippen molar-refractivity contribution in [1.29, 1.82) is 0 Å². The Bertz CT molecular complexity index is 458. The van der Waals surface area contributed by atoms with E-state index in [4.69, 9.17) is 0 Å². The van der Waals surface area contributed by atoms with Crippen LogP contribution in [-0.2, 0) is 4.79 Å². The molecule has 3 N–H and O–H groups in total. The molecule has 0 radical (unpaired) electrons. The molecule has 1 aromatic rings. The minimum absolute atomic E-state index is 0.483. The van der Waals surface area contributed by atoms with E-state index in [9.17, 15) is 14.7 Å². The number of carboxylic acids is 1. The normalized spacial score (nSPS) is 17.2. The molecule has 6 nitrogen and oxygen atoms in total. The van der Waals surface area contributed by atoms with Crippen LogP contribution in [0.25, 0.3) is 0 Å². The summed E-state index contributed by atoms with van der Waals surface area (Å²) in [6.45, 7) is 1.60. The molecule has 0 unspecified atom stereocenters. The lowest BCUT2D eigenvalue weighted by Gasteiger charge is -2.27. The average Bonchev–Trinajstić information content (AvgIpc) is 2.46. The first kappa shape index (κ1) is 14.3. The second kappa shape index (κ2) is 6.91. The number of carboxylic acid groups (broad SMARTS) is 1. The Kier molecular flexibility index (Phi) is 4.95. The summed E-state index contributed by atoms with van der Waals surface area (Å²) in [6.07, 6.45) is 3.25. The molecule has 2 amide bonds. The van der Waals surface area contributed by atoms with Gasteiger partial charge in [0.25, 0.3) is 0 Å². The first-order valence-corrected chi connectivity index (χ1v) is 6.76. The molecule has 1 heterocycles. The molecule has 0 aliphatic carbocycles. The van der Waals surface area contributed by atoms with Gasteiger partial charge in [0, 0.05) is 13.1 Å². The van der Waals surface area contributed by atoms with Gasteiger partial charge >= 0.3 is 12.0 Å². The van der Waals surface area contributed by atoms with E-state index in [2.05, 4.69) is 10.7 Å². The van der Waals surface area contributed by atoms with Gasteiger partial charge in [0.15, 0.2) is 6.04 Å². The summed E-state index contributed by atoms with van der Waals surface area (Å²) in [7, 11) is 0. The molecule has 108 valence electrons. The van der Waals surface area contributed by atoms with Gasteiger partial charge in [-0.05, 0) is 18.4 Å². The number of carbonyl (C=O) groups is 2.